The van der Waals surface area contributed by atoms with E-state index in [1.807, 2.05) is 0 Å². The number of anilines is 1. The maximum atomic E-state index is 4.53. The monoisotopic (exact) mass is 220 g/mol. The largest absolute Gasteiger partial charge is 0.335 e. The van der Waals surface area contributed by atoms with Crippen molar-refractivity contribution in [3.63, 3.8) is 0 Å². The molecule has 0 bridgehead atoms. The van der Waals surface area contributed by atoms with Gasteiger partial charge in [-0.25, -0.2) is 0 Å². The molecule has 1 N–H and O–H groups in total. The Kier molecular flexibility index (Phi) is 3.31. The Bertz CT molecular complexity index is 374. The zero-order chi connectivity index (χ0) is 10.7. The summed E-state index contributed by atoms with van der Waals surface area (Å²) in [4.78, 5) is 4.53. The fraction of sp³-hybridized carbons (Fsp3) is 0.417. The van der Waals surface area contributed by atoms with E-state index in [2.05, 4.69) is 48.4 Å². The zero-order valence-electron chi connectivity index (χ0n) is 9.16. The van der Waals surface area contributed by atoms with Crippen molar-refractivity contribution in [2.24, 2.45) is 4.99 Å². The third-order valence-electron chi connectivity index (χ3n) is 2.44. The van der Waals surface area contributed by atoms with Crippen molar-refractivity contribution in [1.82, 2.24) is 0 Å². The third kappa shape index (κ3) is 2.53. The van der Waals surface area contributed by atoms with Gasteiger partial charge in [0.15, 0.2) is 5.17 Å². The Morgan fingerprint density at radius 1 is 1.47 bits per heavy atom. The van der Waals surface area contributed by atoms with Crippen molar-refractivity contribution in [3.05, 3.63) is 29.8 Å². The van der Waals surface area contributed by atoms with Crippen LogP contribution in [0, 0.1) is 0 Å². The quantitative estimate of drug-likeness (QED) is 0.828. The Morgan fingerprint density at radius 2 is 2.27 bits per heavy atom. The van der Waals surface area contributed by atoms with Gasteiger partial charge in [0.1, 0.15) is 0 Å². The van der Waals surface area contributed by atoms with Crippen molar-refractivity contribution in [2.45, 2.75) is 26.3 Å². The topological polar surface area (TPSA) is 24.4 Å². The molecular weight excluding hydrogens is 204 g/mol. The van der Waals surface area contributed by atoms with Crippen molar-refractivity contribution in [3.8, 4) is 0 Å². The summed E-state index contributed by atoms with van der Waals surface area (Å²) in [5.41, 5.74) is 2.54. The molecule has 80 valence electrons. The number of nitrogens with one attached hydrogen (secondary N) is 1. The maximum Gasteiger partial charge on any atom is 0.161 e. The molecule has 3 heteroatoms. The van der Waals surface area contributed by atoms with Crippen LogP contribution in [-0.4, -0.2) is 17.0 Å². The summed E-state index contributed by atoms with van der Waals surface area (Å²) >= 11 is 1.80. The SMILES string of the molecule is CCc1ccccc1NC1=NC(C)CS1. The highest BCUT2D eigenvalue weighted by molar-refractivity contribution is 8.14. The molecule has 2 nitrogen and oxygen atoms in total. The summed E-state index contributed by atoms with van der Waals surface area (Å²) in [6.07, 6.45) is 1.05. The average Bonchev–Trinajstić information content (AvgIpc) is 2.65. The third-order valence-corrected chi connectivity index (χ3v) is 3.57. The Labute approximate surface area is 95.2 Å². The lowest BCUT2D eigenvalue weighted by Crippen LogP contribution is -2.07. The lowest BCUT2D eigenvalue weighted by Gasteiger charge is -2.09. The van der Waals surface area contributed by atoms with E-state index in [4.69, 9.17) is 0 Å². The van der Waals surface area contributed by atoms with Gasteiger partial charge in [0.2, 0.25) is 0 Å². The Hall–Kier alpha value is -0.960. The second kappa shape index (κ2) is 4.71. The predicted molar refractivity (Wildman–Crippen MR) is 68.8 cm³/mol. The number of hydrogen-bond donors (Lipinski definition) is 1. The first kappa shape index (κ1) is 10.6. The number of hydrogen-bond acceptors (Lipinski definition) is 3. The lowest BCUT2D eigenvalue weighted by molar-refractivity contribution is 0.865. The first-order valence-electron chi connectivity index (χ1n) is 5.35. The smallest absolute Gasteiger partial charge is 0.161 e. The molecule has 0 aliphatic carbocycles. The number of aliphatic imine (C=N–C) groups is 1. The molecule has 0 amide bonds. The van der Waals surface area contributed by atoms with Crippen molar-refractivity contribution < 1.29 is 0 Å². The van der Waals surface area contributed by atoms with Crippen LogP contribution in [-0.2, 0) is 6.42 Å². The molecule has 1 heterocycles. The second-order valence-electron chi connectivity index (χ2n) is 3.73. The first-order valence-corrected chi connectivity index (χ1v) is 6.33. The summed E-state index contributed by atoms with van der Waals surface area (Å²) in [7, 11) is 0. The summed E-state index contributed by atoms with van der Waals surface area (Å²) in [5.74, 6) is 1.09. The molecule has 1 aliphatic rings. The minimum atomic E-state index is 0.450. The van der Waals surface area contributed by atoms with E-state index >= 15 is 0 Å². The van der Waals surface area contributed by atoms with Gasteiger partial charge in [0.05, 0.1) is 6.04 Å². The van der Waals surface area contributed by atoms with E-state index in [0.717, 1.165) is 17.3 Å². The fourth-order valence-corrected chi connectivity index (χ4v) is 2.52. The van der Waals surface area contributed by atoms with E-state index in [0.29, 0.717) is 6.04 Å². The van der Waals surface area contributed by atoms with Gasteiger partial charge in [-0.3, -0.25) is 4.99 Å². The molecule has 0 radical (unpaired) electrons. The molecular formula is C12H16N2S. The fourth-order valence-electron chi connectivity index (χ4n) is 1.61. The molecule has 0 fully saturated rings. The standard InChI is InChI=1S/C12H16N2S/c1-3-10-6-4-5-7-11(10)14-12-13-9(2)8-15-12/h4-7,9H,3,8H2,1-2H3,(H,13,14). The first-order chi connectivity index (χ1) is 7.29. The van der Waals surface area contributed by atoms with E-state index < -0.39 is 0 Å². The summed E-state index contributed by atoms with van der Waals surface area (Å²) in [6.45, 7) is 4.32. The molecule has 0 saturated carbocycles. The Balaban J connectivity index is 2.13. The highest BCUT2D eigenvalue weighted by Gasteiger charge is 2.14. The van der Waals surface area contributed by atoms with Crippen LogP contribution in [0.1, 0.15) is 19.4 Å². The number of amidine groups is 1. The van der Waals surface area contributed by atoms with Crippen LogP contribution in [0.15, 0.2) is 29.3 Å². The highest BCUT2D eigenvalue weighted by Crippen LogP contribution is 2.22. The van der Waals surface area contributed by atoms with E-state index in [1.165, 1.54) is 11.3 Å². The molecule has 1 unspecified atom stereocenters. The van der Waals surface area contributed by atoms with Gasteiger partial charge in [-0.2, -0.15) is 0 Å². The molecule has 1 atom stereocenters. The van der Waals surface area contributed by atoms with Crippen LogP contribution >= 0.6 is 11.8 Å². The minimum absolute atomic E-state index is 0.450. The second-order valence-corrected chi connectivity index (χ2v) is 4.74. The van der Waals surface area contributed by atoms with Crippen LogP contribution in [0.3, 0.4) is 0 Å². The number of para-hydroxylation sites is 1. The number of thioether (sulfide) groups is 1. The van der Waals surface area contributed by atoms with Crippen LogP contribution < -0.4 is 5.32 Å². The minimum Gasteiger partial charge on any atom is -0.335 e. The average molecular weight is 220 g/mol. The molecule has 15 heavy (non-hydrogen) atoms. The molecule has 0 saturated heterocycles. The zero-order valence-corrected chi connectivity index (χ0v) is 9.97. The van der Waals surface area contributed by atoms with Crippen molar-refractivity contribution in [1.29, 1.82) is 0 Å². The van der Waals surface area contributed by atoms with Crippen molar-refractivity contribution >= 4 is 22.6 Å². The molecule has 0 aromatic heterocycles. The molecule has 0 spiro atoms. The van der Waals surface area contributed by atoms with Crippen LogP contribution in [0.4, 0.5) is 5.69 Å². The number of aryl methyl sites for hydroxylation is 1. The van der Waals surface area contributed by atoms with Gasteiger partial charge in [-0.15, -0.1) is 0 Å². The normalized spacial score (nSPS) is 20.1. The van der Waals surface area contributed by atoms with Gasteiger partial charge in [-0.1, -0.05) is 36.9 Å². The van der Waals surface area contributed by atoms with Gasteiger partial charge in [0, 0.05) is 11.4 Å². The maximum absolute atomic E-state index is 4.53. The van der Waals surface area contributed by atoms with Gasteiger partial charge >= 0.3 is 0 Å². The lowest BCUT2D eigenvalue weighted by atomic mass is 10.1. The van der Waals surface area contributed by atoms with Gasteiger partial charge < -0.3 is 5.32 Å². The van der Waals surface area contributed by atoms with Crippen LogP contribution in [0.25, 0.3) is 0 Å². The summed E-state index contributed by atoms with van der Waals surface area (Å²) in [6, 6.07) is 8.87. The van der Waals surface area contributed by atoms with Crippen LogP contribution in [0.2, 0.25) is 0 Å². The van der Waals surface area contributed by atoms with Crippen LogP contribution in [0.5, 0.6) is 0 Å². The van der Waals surface area contributed by atoms with Gasteiger partial charge in [0.25, 0.3) is 0 Å². The molecule has 1 aromatic carbocycles. The molecule has 1 aliphatic heterocycles. The number of nitrogens with zero attached hydrogens (tertiary/aromatic N) is 1. The van der Waals surface area contributed by atoms with E-state index in [-0.39, 0.29) is 0 Å². The van der Waals surface area contributed by atoms with E-state index in [1.54, 1.807) is 11.8 Å². The molecule has 2 rings (SSSR count). The van der Waals surface area contributed by atoms with Gasteiger partial charge in [-0.05, 0) is 25.0 Å². The predicted octanol–water partition coefficient (Wildman–Crippen LogP) is 3.15. The summed E-state index contributed by atoms with van der Waals surface area (Å²) < 4.78 is 0. The highest BCUT2D eigenvalue weighted by atomic mass is 32.2. The number of benzene rings is 1. The summed E-state index contributed by atoms with van der Waals surface area (Å²) in [5, 5.41) is 4.46. The Morgan fingerprint density at radius 3 is 2.93 bits per heavy atom. The molecule has 1 aromatic rings. The van der Waals surface area contributed by atoms with Crippen molar-refractivity contribution in [2.75, 3.05) is 11.1 Å². The number of rotatable bonds is 2. The van der Waals surface area contributed by atoms with E-state index in [9.17, 15) is 0 Å².